The number of hydrogen-bond acceptors (Lipinski definition) is 2. The van der Waals surface area contributed by atoms with Crippen LogP contribution < -0.4 is 0 Å². The first-order valence-corrected chi connectivity index (χ1v) is 2.72. The number of rotatable bonds is 0. The molecule has 0 amide bonds. The average Bonchev–Trinajstić information content (AvgIpc) is 1.80. The largest absolute Gasteiger partial charge is 0.239 e. The summed E-state index contributed by atoms with van der Waals surface area (Å²) in [5.41, 5.74) is 0. The third-order valence-corrected chi connectivity index (χ3v) is 1.09. The molecule has 0 aromatic carbocycles. The van der Waals surface area contributed by atoms with Gasteiger partial charge in [-0.2, -0.15) is 0 Å². The predicted molar refractivity (Wildman–Crippen MR) is 31.7 cm³/mol. The van der Waals surface area contributed by atoms with Gasteiger partial charge in [0.25, 0.3) is 0 Å². The molecule has 0 aliphatic rings. The van der Waals surface area contributed by atoms with Crippen molar-refractivity contribution in [1.29, 1.82) is 0 Å². The first-order valence-electron chi connectivity index (χ1n) is 2.35. The van der Waals surface area contributed by atoms with Crippen molar-refractivity contribution in [2.24, 2.45) is 0 Å². The Kier molecular flexibility index (Phi) is 1.62. The summed E-state index contributed by atoms with van der Waals surface area (Å²) in [4.78, 5) is 7.12. The Morgan fingerprint density at radius 3 is 2.78 bits per heavy atom. The van der Waals surface area contributed by atoms with Crippen LogP contribution in [0.2, 0.25) is 5.15 Å². The Morgan fingerprint density at radius 2 is 2.33 bits per heavy atom. The zero-order valence-electron chi connectivity index (χ0n) is 4.73. The highest BCUT2D eigenvalue weighted by Gasteiger charge is 1.98. The average molecular weight is 147 g/mol. The summed E-state index contributed by atoms with van der Waals surface area (Å²) < 4.78 is 12.2. The van der Waals surface area contributed by atoms with Crippen LogP contribution >= 0.6 is 11.6 Å². The molecular formula is C5H4ClFN2. The van der Waals surface area contributed by atoms with Gasteiger partial charge in [-0.3, -0.25) is 0 Å². The van der Waals surface area contributed by atoms with Crippen molar-refractivity contribution in [3.05, 3.63) is 23.0 Å². The van der Waals surface area contributed by atoms with Crippen molar-refractivity contribution >= 4 is 11.6 Å². The third-order valence-electron chi connectivity index (χ3n) is 0.822. The van der Waals surface area contributed by atoms with Crippen LogP contribution in [0.4, 0.5) is 4.39 Å². The normalized spacial score (nSPS) is 9.67. The van der Waals surface area contributed by atoms with E-state index in [1.165, 1.54) is 0 Å². The van der Waals surface area contributed by atoms with Gasteiger partial charge < -0.3 is 0 Å². The maximum Gasteiger partial charge on any atom is 0.178 e. The quantitative estimate of drug-likeness (QED) is 0.520. The van der Waals surface area contributed by atoms with Crippen LogP contribution in [0.15, 0.2) is 6.20 Å². The van der Waals surface area contributed by atoms with Crippen molar-refractivity contribution in [2.45, 2.75) is 6.92 Å². The summed E-state index contributed by atoms with van der Waals surface area (Å²) >= 11 is 5.29. The van der Waals surface area contributed by atoms with Crippen LogP contribution in [-0.4, -0.2) is 9.97 Å². The van der Waals surface area contributed by atoms with Crippen LogP contribution in [0.1, 0.15) is 5.82 Å². The zero-order chi connectivity index (χ0) is 6.85. The number of aromatic nitrogens is 2. The van der Waals surface area contributed by atoms with Gasteiger partial charge in [-0.15, -0.1) is 0 Å². The standard InChI is InChI=1S/C5H4ClFN2/c1-3-8-2-4(7)5(6)9-3/h2H,1H3. The Labute approximate surface area is 56.7 Å². The second kappa shape index (κ2) is 2.27. The van der Waals surface area contributed by atoms with E-state index >= 15 is 0 Å². The van der Waals surface area contributed by atoms with Crippen molar-refractivity contribution < 1.29 is 4.39 Å². The minimum absolute atomic E-state index is 0.123. The third kappa shape index (κ3) is 1.36. The van der Waals surface area contributed by atoms with E-state index in [0.29, 0.717) is 5.82 Å². The summed E-state index contributed by atoms with van der Waals surface area (Å²) in [6, 6.07) is 0. The lowest BCUT2D eigenvalue weighted by Gasteiger charge is -1.91. The van der Waals surface area contributed by atoms with Gasteiger partial charge in [0, 0.05) is 0 Å². The van der Waals surface area contributed by atoms with E-state index in [1.807, 2.05) is 0 Å². The number of halogens is 2. The number of nitrogens with zero attached hydrogens (tertiary/aromatic N) is 2. The lowest BCUT2D eigenvalue weighted by atomic mass is 10.6. The molecule has 1 aromatic rings. The molecule has 0 spiro atoms. The van der Waals surface area contributed by atoms with E-state index in [-0.39, 0.29) is 5.15 Å². The molecule has 0 unspecified atom stereocenters. The topological polar surface area (TPSA) is 25.8 Å². The van der Waals surface area contributed by atoms with Crippen LogP contribution in [0.5, 0.6) is 0 Å². The Hall–Kier alpha value is -0.700. The van der Waals surface area contributed by atoms with Gasteiger partial charge in [-0.05, 0) is 6.92 Å². The van der Waals surface area contributed by atoms with Crippen LogP contribution in [-0.2, 0) is 0 Å². The SMILES string of the molecule is Cc1ncc(F)c(Cl)n1. The van der Waals surface area contributed by atoms with Crippen molar-refractivity contribution in [3.63, 3.8) is 0 Å². The van der Waals surface area contributed by atoms with Gasteiger partial charge in [0.05, 0.1) is 6.20 Å². The molecule has 0 aliphatic carbocycles. The Morgan fingerprint density at radius 1 is 1.67 bits per heavy atom. The summed E-state index contributed by atoms with van der Waals surface area (Å²) in [6.07, 6.45) is 1.05. The van der Waals surface area contributed by atoms with E-state index in [0.717, 1.165) is 6.20 Å². The molecule has 9 heavy (non-hydrogen) atoms. The molecule has 1 heterocycles. The highest BCUT2D eigenvalue weighted by atomic mass is 35.5. The maximum atomic E-state index is 12.2. The zero-order valence-corrected chi connectivity index (χ0v) is 5.48. The Balaban J connectivity index is 3.17. The van der Waals surface area contributed by atoms with E-state index in [1.54, 1.807) is 6.92 Å². The smallest absolute Gasteiger partial charge is 0.178 e. The highest BCUT2D eigenvalue weighted by molar-refractivity contribution is 6.29. The van der Waals surface area contributed by atoms with E-state index < -0.39 is 5.82 Å². The van der Waals surface area contributed by atoms with Crippen LogP contribution in [0, 0.1) is 12.7 Å². The first-order chi connectivity index (χ1) is 4.20. The van der Waals surface area contributed by atoms with Crippen molar-refractivity contribution in [2.75, 3.05) is 0 Å². The molecule has 2 nitrogen and oxygen atoms in total. The van der Waals surface area contributed by atoms with E-state index in [4.69, 9.17) is 11.6 Å². The van der Waals surface area contributed by atoms with Crippen LogP contribution in [0.25, 0.3) is 0 Å². The van der Waals surface area contributed by atoms with Gasteiger partial charge in [0.2, 0.25) is 0 Å². The van der Waals surface area contributed by atoms with Gasteiger partial charge in [-0.1, -0.05) is 11.6 Å². The second-order valence-corrected chi connectivity index (χ2v) is 1.91. The summed E-state index contributed by atoms with van der Waals surface area (Å²) in [6.45, 7) is 1.64. The van der Waals surface area contributed by atoms with E-state index in [9.17, 15) is 4.39 Å². The maximum absolute atomic E-state index is 12.2. The lowest BCUT2D eigenvalue weighted by Crippen LogP contribution is -1.89. The fourth-order valence-electron chi connectivity index (χ4n) is 0.428. The van der Waals surface area contributed by atoms with E-state index in [2.05, 4.69) is 9.97 Å². The lowest BCUT2D eigenvalue weighted by molar-refractivity contribution is 0.611. The fraction of sp³-hybridized carbons (Fsp3) is 0.200. The second-order valence-electron chi connectivity index (χ2n) is 1.56. The summed E-state index contributed by atoms with van der Waals surface area (Å²) in [5, 5.41) is -0.123. The molecule has 0 N–H and O–H groups in total. The molecular weight excluding hydrogens is 143 g/mol. The highest BCUT2D eigenvalue weighted by Crippen LogP contribution is 2.07. The molecule has 0 fully saturated rings. The fourth-order valence-corrected chi connectivity index (χ4v) is 0.599. The summed E-state index contributed by atoms with van der Waals surface area (Å²) in [5.74, 6) is -0.108. The number of aryl methyl sites for hydroxylation is 1. The molecule has 0 saturated carbocycles. The minimum Gasteiger partial charge on any atom is -0.239 e. The van der Waals surface area contributed by atoms with Crippen molar-refractivity contribution in [1.82, 2.24) is 9.97 Å². The van der Waals surface area contributed by atoms with Gasteiger partial charge in [0.1, 0.15) is 5.82 Å². The molecule has 0 aliphatic heterocycles. The summed E-state index contributed by atoms with van der Waals surface area (Å²) in [7, 11) is 0. The molecule has 4 heteroatoms. The Bertz CT molecular complexity index is 226. The van der Waals surface area contributed by atoms with Gasteiger partial charge in [0.15, 0.2) is 11.0 Å². The van der Waals surface area contributed by atoms with Gasteiger partial charge >= 0.3 is 0 Å². The molecule has 1 aromatic heterocycles. The molecule has 1 rings (SSSR count). The predicted octanol–water partition coefficient (Wildman–Crippen LogP) is 1.58. The molecule has 48 valence electrons. The first kappa shape index (κ1) is 6.42. The minimum atomic E-state index is -0.581. The molecule has 0 radical (unpaired) electrons. The monoisotopic (exact) mass is 146 g/mol. The molecule has 0 atom stereocenters. The van der Waals surface area contributed by atoms with Gasteiger partial charge in [-0.25, -0.2) is 14.4 Å². The molecule has 0 bridgehead atoms. The van der Waals surface area contributed by atoms with Crippen LogP contribution in [0.3, 0.4) is 0 Å². The number of hydrogen-bond donors (Lipinski definition) is 0. The molecule has 0 saturated heterocycles. The van der Waals surface area contributed by atoms with Crippen molar-refractivity contribution in [3.8, 4) is 0 Å².